The molecule has 2 N–H and O–H groups in total. The number of amides is 2. The monoisotopic (exact) mass is 588 g/mol. The second-order valence-corrected chi connectivity index (χ2v) is 8.64. The molecule has 0 heterocycles. The fourth-order valence-electron chi connectivity index (χ4n) is 3.66. The largest absolute Gasteiger partial charge is 0.497 e. The van der Waals surface area contributed by atoms with Crippen molar-refractivity contribution in [1.82, 2.24) is 0 Å². The standard InChI is InChI=1S/C28H32N2O12/c1-15(31)39-23(25(41-17(3)33)27(35)29-19-7-11-21(37-5)12-8-19)24(40-16(2)32)26(42-18(4)34)28(36)30-20-9-13-22(38-6)14-10-20/h7-14,23-26H,1-6H3,(H,29,35)(H,30,36)/t23-,24+,25-,26+. The molecule has 0 saturated heterocycles. The molecule has 0 aliphatic carbocycles. The van der Waals surface area contributed by atoms with Crippen LogP contribution in [0.25, 0.3) is 0 Å². The highest BCUT2D eigenvalue weighted by atomic mass is 16.6. The van der Waals surface area contributed by atoms with E-state index in [9.17, 15) is 28.8 Å². The molecule has 0 aliphatic rings. The highest BCUT2D eigenvalue weighted by Gasteiger charge is 2.49. The van der Waals surface area contributed by atoms with Crippen LogP contribution >= 0.6 is 0 Å². The third-order valence-corrected chi connectivity index (χ3v) is 5.34. The van der Waals surface area contributed by atoms with Crippen molar-refractivity contribution in [3.63, 3.8) is 0 Å². The van der Waals surface area contributed by atoms with Gasteiger partial charge in [-0.3, -0.25) is 28.8 Å². The first-order valence-corrected chi connectivity index (χ1v) is 12.4. The molecule has 14 nitrogen and oxygen atoms in total. The highest BCUT2D eigenvalue weighted by molar-refractivity contribution is 5.98. The molecule has 42 heavy (non-hydrogen) atoms. The summed E-state index contributed by atoms with van der Waals surface area (Å²) in [4.78, 5) is 75.3. The van der Waals surface area contributed by atoms with E-state index in [4.69, 9.17) is 28.4 Å². The molecule has 2 rings (SSSR count). The number of methoxy groups -OCH3 is 2. The minimum atomic E-state index is -1.98. The summed E-state index contributed by atoms with van der Waals surface area (Å²) in [6.07, 6.45) is -7.88. The fourth-order valence-corrected chi connectivity index (χ4v) is 3.66. The summed E-state index contributed by atoms with van der Waals surface area (Å²) in [5.74, 6) is -5.00. The number of nitrogens with one attached hydrogen (secondary N) is 2. The molecule has 0 aromatic heterocycles. The first kappa shape index (κ1) is 33.1. The average Bonchev–Trinajstić information content (AvgIpc) is 2.92. The SMILES string of the molecule is COc1ccc(NC(=O)[C@@H](OC(C)=O)[C@@H](OC(C)=O)[C@@H](OC(C)=O)[C@@H](OC(C)=O)C(=O)Nc2ccc(OC)cc2)cc1. The lowest BCUT2D eigenvalue weighted by molar-refractivity contribution is -0.198. The lowest BCUT2D eigenvalue weighted by atomic mass is 10.00. The van der Waals surface area contributed by atoms with Crippen LogP contribution in [0.2, 0.25) is 0 Å². The smallest absolute Gasteiger partial charge is 0.303 e. The molecular weight excluding hydrogens is 556 g/mol. The maximum Gasteiger partial charge on any atom is 0.303 e. The lowest BCUT2D eigenvalue weighted by Gasteiger charge is -2.34. The van der Waals surface area contributed by atoms with E-state index < -0.39 is 60.1 Å². The number of hydrogen-bond acceptors (Lipinski definition) is 12. The second kappa shape index (κ2) is 15.6. The van der Waals surface area contributed by atoms with E-state index >= 15 is 0 Å². The zero-order valence-electron chi connectivity index (χ0n) is 23.8. The summed E-state index contributed by atoms with van der Waals surface area (Å²) in [5, 5.41) is 4.99. The fraction of sp³-hybridized carbons (Fsp3) is 0.357. The van der Waals surface area contributed by atoms with Crippen molar-refractivity contribution in [2.24, 2.45) is 0 Å². The summed E-state index contributed by atoms with van der Waals surface area (Å²) in [6, 6.07) is 12.1. The number of anilines is 2. The first-order chi connectivity index (χ1) is 19.8. The van der Waals surface area contributed by atoms with E-state index in [1.54, 1.807) is 24.3 Å². The predicted molar refractivity (Wildman–Crippen MR) is 145 cm³/mol. The maximum atomic E-state index is 13.4. The van der Waals surface area contributed by atoms with Crippen molar-refractivity contribution in [2.75, 3.05) is 24.9 Å². The number of ether oxygens (including phenoxy) is 6. The molecule has 0 unspecified atom stereocenters. The molecule has 2 aromatic rings. The Morgan fingerprint density at radius 2 is 0.786 bits per heavy atom. The summed E-state index contributed by atoms with van der Waals surface area (Å²) < 4.78 is 31.2. The Morgan fingerprint density at radius 3 is 1.02 bits per heavy atom. The van der Waals surface area contributed by atoms with Crippen LogP contribution in [0.4, 0.5) is 11.4 Å². The van der Waals surface area contributed by atoms with Crippen molar-refractivity contribution in [3.8, 4) is 11.5 Å². The Labute approximate surface area is 241 Å². The molecule has 0 radical (unpaired) electrons. The summed E-state index contributed by atoms with van der Waals surface area (Å²) >= 11 is 0. The van der Waals surface area contributed by atoms with Gasteiger partial charge in [-0.25, -0.2) is 0 Å². The van der Waals surface area contributed by atoms with E-state index in [0.717, 1.165) is 27.7 Å². The molecule has 226 valence electrons. The zero-order chi connectivity index (χ0) is 31.4. The Hall–Kier alpha value is -5.14. The van der Waals surface area contributed by atoms with Gasteiger partial charge in [0.2, 0.25) is 12.2 Å². The van der Waals surface area contributed by atoms with Crippen LogP contribution in [0.15, 0.2) is 48.5 Å². The van der Waals surface area contributed by atoms with E-state index in [2.05, 4.69) is 10.6 Å². The molecule has 2 aromatic carbocycles. The Kier molecular flexibility index (Phi) is 12.3. The summed E-state index contributed by atoms with van der Waals surface area (Å²) in [7, 11) is 2.90. The third-order valence-electron chi connectivity index (χ3n) is 5.34. The van der Waals surface area contributed by atoms with Gasteiger partial charge in [0.25, 0.3) is 11.8 Å². The van der Waals surface area contributed by atoms with Crippen molar-refractivity contribution < 1.29 is 57.2 Å². The third kappa shape index (κ3) is 10.1. The van der Waals surface area contributed by atoms with Gasteiger partial charge in [-0.2, -0.15) is 0 Å². The molecule has 0 saturated carbocycles. The minimum absolute atomic E-state index is 0.234. The highest BCUT2D eigenvalue weighted by Crippen LogP contribution is 2.24. The number of benzene rings is 2. The molecule has 14 heteroatoms. The lowest BCUT2D eigenvalue weighted by Crippen LogP contribution is -2.57. The van der Waals surface area contributed by atoms with Gasteiger partial charge in [-0.15, -0.1) is 0 Å². The van der Waals surface area contributed by atoms with Gasteiger partial charge in [0.05, 0.1) is 14.2 Å². The topological polar surface area (TPSA) is 182 Å². The molecule has 0 fully saturated rings. The normalized spacial score (nSPS) is 13.2. The van der Waals surface area contributed by atoms with E-state index in [1.807, 2.05) is 0 Å². The van der Waals surface area contributed by atoms with Gasteiger partial charge in [-0.05, 0) is 48.5 Å². The number of carbonyl (C=O) groups is 6. The van der Waals surface area contributed by atoms with Crippen LogP contribution in [-0.4, -0.2) is 74.3 Å². The van der Waals surface area contributed by atoms with Crippen molar-refractivity contribution >= 4 is 47.1 Å². The van der Waals surface area contributed by atoms with Crippen molar-refractivity contribution in [3.05, 3.63) is 48.5 Å². The van der Waals surface area contributed by atoms with Gasteiger partial charge >= 0.3 is 23.9 Å². The number of hydrogen-bond donors (Lipinski definition) is 2. The maximum absolute atomic E-state index is 13.4. The Bertz CT molecular complexity index is 1180. The predicted octanol–water partition coefficient (Wildman–Crippen LogP) is 2.01. The van der Waals surface area contributed by atoms with Crippen LogP contribution in [-0.2, 0) is 47.7 Å². The molecule has 0 spiro atoms. The second-order valence-electron chi connectivity index (χ2n) is 8.64. The average molecular weight is 589 g/mol. The van der Waals surface area contributed by atoms with Gasteiger partial charge in [-0.1, -0.05) is 0 Å². The van der Waals surface area contributed by atoms with Crippen LogP contribution in [0, 0.1) is 0 Å². The van der Waals surface area contributed by atoms with Gasteiger partial charge < -0.3 is 39.1 Å². The van der Waals surface area contributed by atoms with E-state index in [1.165, 1.54) is 38.5 Å². The van der Waals surface area contributed by atoms with Crippen LogP contribution in [0.5, 0.6) is 11.5 Å². The number of esters is 4. The molecule has 2 amide bonds. The summed E-state index contributed by atoms with van der Waals surface area (Å²) in [6.45, 7) is 3.92. The minimum Gasteiger partial charge on any atom is -0.497 e. The van der Waals surface area contributed by atoms with Crippen LogP contribution < -0.4 is 20.1 Å². The quantitative estimate of drug-likeness (QED) is 0.257. The number of carbonyl (C=O) groups excluding carboxylic acids is 6. The Morgan fingerprint density at radius 1 is 0.500 bits per heavy atom. The summed E-state index contributed by atoms with van der Waals surface area (Å²) in [5.41, 5.74) is 0.467. The van der Waals surface area contributed by atoms with Crippen LogP contribution in [0.1, 0.15) is 27.7 Å². The molecule has 0 bridgehead atoms. The number of rotatable bonds is 13. The zero-order valence-corrected chi connectivity index (χ0v) is 23.8. The van der Waals surface area contributed by atoms with Crippen molar-refractivity contribution in [2.45, 2.75) is 52.1 Å². The van der Waals surface area contributed by atoms with Crippen LogP contribution in [0.3, 0.4) is 0 Å². The van der Waals surface area contributed by atoms with E-state index in [-0.39, 0.29) is 11.4 Å². The van der Waals surface area contributed by atoms with Gasteiger partial charge in [0, 0.05) is 39.1 Å². The Balaban J connectivity index is 2.56. The van der Waals surface area contributed by atoms with E-state index in [0.29, 0.717) is 11.5 Å². The van der Waals surface area contributed by atoms with Gasteiger partial charge in [0.15, 0.2) is 12.2 Å². The molecule has 4 atom stereocenters. The van der Waals surface area contributed by atoms with Gasteiger partial charge in [0.1, 0.15) is 11.5 Å². The first-order valence-electron chi connectivity index (χ1n) is 12.4. The van der Waals surface area contributed by atoms with Crippen molar-refractivity contribution in [1.29, 1.82) is 0 Å². The molecule has 0 aliphatic heterocycles. The molecular formula is C28H32N2O12.